The van der Waals surface area contributed by atoms with Gasteiger partial charge in [-0.2, -0.15) is 0 Å². The SMILES string of the molecule is NCCn1cnc(C(=O)Nc2ccc(F)cc2Cl)c1. The molecule has 2 rings (SSSR count). The lowest BCUT2D eigenvalue weighted by Gasteiger charge is -2.05. The van der Waals surface area contributed by atoms with E-state index in [2.05, 4.69) is 10.3 Å². The molecule has 5 nitrogen and oxygen atoms in total. The summed E-state index contributed by atoms with van der Waals surface area (Å²) in [6.07, 6.45) is 3.10. The summed E-state index contributed by atoms with van der Waals surface area (Å²) in [6.45, 7) is 1.04. The molecule has 0 bridgehead atoms. The lowest BCUT2D eigenvalue weighted by atomic mass is 10.3. The molecular weight excluding hydrogens is 271 g/mol. The van der Waals surface area contributed by atoms with Crippen LogP contribution in [-0.4, -0.2) is 22.0 Å². The molecule has 2 aromatic rings. The molecular formula is C12H12ClFN4O. The molecule has 7 heteroatoms. The third-order valence-electron chi connectivity index (χ3n) is 2.43. The first kappa shape index (κ1) is 13.5. The van der Waals surface area contributed by atoms with Crippen molar-refractivity contribution < 1.29 is 9.18 Å². The first-order valence-electron chi connectivity index (χ1n) is 5.58. The lowest BCUT2D eigenvalue weighted by molar-refractivity contribution is 0.102. The van der Waals surface area contributed by atoms with Crippen molar-refractivity contribution in [3.05, 3.63) is 47.3 Å². The number of rotatable bonds is 4. The molecule has 1 heterocycles. The first-order valence-corrected chi connectivity index (χ1v) is 5.96. The Labute approximate surface area is 114 Å². The maximum absolute atomic E-state index is 12.9. The minimum Gasteiger partial charge on any atom is -0.335 e. The summed E-state index contributed by atoms with van der Waals surface area (Å²) >= 11 is 5.82. The number of carbonyl (C=O) groups is 1. The number of amides is 1. The van der Waals surface area contributed by atoms with E-state index >= 15 is 0 Å². The van der Waals surface area contributed by atoms with Crippen molar-refractivity contribution in [3.8, 4) is 0 Å². The molecule has 0 spiro atoms. The van der Waals surface area contributed by atoms with Gasteiger partial charge in [0.05, 0.1) is 17.0 Å². The van der Waals surface area contributed by atoms with Gasteiger partial charge in [-0.25, -0.2) is 9.37 Å². The molecule has 0 saturated heterocycles. The van der Waals surface area contributed by atoms with Crippen LogP contribution in [0.1, 0.15) is 10.5 Å². The monoisotopic (exact) mass is 282 g/mol. The van der Waals surface area contributed by atoms with Crippen LogP contribution in [0.25, 0.3) is 0 Å². The van der Waals surface area contributed by atoms with Crippen LogP contribution in [0.4, 0.5) is 10.1 Å². The lowest BCUT2D eigenvalue weighted by Crippen LogP contribution is -2.13. The number of anilines is 1. The third kappa shape index (κ3) is 3.30. The molecule has 1 aromatic heterocycles. The van der Waals surface area contributed by atoms with Crippen LogP contribution in [0.15, 0.2) is 30.7 Å². The molecule has 0 aliphatic rings. The zero-order chi connectivity index (χ0) is 13.8. The number of nitrogens with two attached hydrogens (primary N) is 1. The first-order chi connectivity index (χ1) is 9.10. The highest BCUT2D eigenvalue weighted by Crippen LogP contribution is 2.22. The topological polar surface area (TPSA) is 72.9 Å². The van der Waals surface area contributed by atoms with E-state index in [1.165, 1.54) is 18.5 Å². The number of hydrogen-bond acceptors (Lipinski definition) is 3. The van der Waals surface area contributed by atoms with Gasteiger partial charge in [0.15, 0.2) is 0 Å². The molecule has 1 aromatic carbocycles. The molecule has 0 fully saturated rings. The second-order valence-corrected chi connectivity index (χ2v) is 4.27. The summed E-state index contributed by atoms with van der Waals surface area (Å²) in [4.78, 5) is 15.9. The number of nitrogens with one attached hydrogen (secondary N) is 1. The van der Waals surface area contributed by atoms with Crippen molar-refractivity contribution in [1.29, 1.82) is 0 Å². The predicted octanol–water partition coefficient (Wildman–Crippen LogP) is 1.89. The van der Waals surface area contributed by atoms with Gasteiger partial charge in [0, 0.05) is 19.3 Å². The maximum Gasteiger partial charge on any atom is 0.275 e. The van der Waals surface area contributed by atoms with Crippen LogP contribution >= 0.6 is 11.6 Å². The normalized spacial score (nSPS) is 10.5. The number of imidazole rings is 1. The number of aromatic nitrogens is 2. The highest BCUT2D eigenvalue weighted by Gasteiger charge is 2.11. The highest BCUT2D eigenvalue weighted by atomic mass is 35.5. The van der Waals surface area contributed by atoms with Gasteiger partial charge in [-0.15, -0.1) is 0 Å². The van der Waals surface area contributed by atoms with Gasteiger partial charge in [0.25, 0.3) is 5.91 Å². The zero-order valence-electron chi connectivity index (χ0n) is 9.94. The average molecular weight is 283 g/mol. The van der Waals surface area contributed by atoms with E-state index in [4.69, 9.17) is 17.3 Å². The van der Waals surface area contributed by atoms with Gasteiger partial charge in [0.2, 0.25) is 0 Å². The van der Waals surface area contributed by atoms with Crippen LogP contribution in [0.5, 0.6) is 0 Å². The summed E-state index contributed by atoms with van der Waals surface area (Å²) in [5, 5.41) is 2.70. The number of carbonyl (C=O) groups excluding carboxylic acids is 1. The van der Waals surface area contributed by atoms with Gasteiger partial charge in [-0.05, 0) is 18.2 Å². The number of halogens is 2. The zero-order valence-corrected chi connectivity index (χ0v) is 10.7. The number of nitrogens with zero attached hydrogens (tertiary/aromatic N) is 2. The summed E-state index contributed by atoms with van der Waals surface area (Å²) in [6, 6.07) is 3.74. The summed E-state index contributed by atoms with van der Waals surface area (Å²) < 4.78 is 14.6. The van der Waals surface area contributed by atoms with Gasteiger partial charge in [0.1, 0.15) is 11.5 Å². The molecule has 100 valence electrons. The Kier molecular flexibility index (Phi) is 4.13. The van der Waals surface area contributed by atoms with Crippen LogP contribution < -0.4 is 11.1 Å². The average Bonchev–Trinajstić information content (AvgIpc) is 2.82. The van der Waals surface area contributed by atoms with Crippen LogP contribution in [0.2, 0.25) is 5.02 Å². The van der Waals surface area contributed by atoms with Gasteiger partial charge in [-0.3, -0.25) is 4.79 Å². The van der Waals surface area contributed by atoms with Crippen molar-refractivity contribution in [2.75, 3.05) is 11.9 Å². The fourth-order valence-corrected chi connectivity index (χ4v) is 1.74. The molecule has 0 radical (unpaired) electrons. The minimum atomic E-state index is -0.463. The Morgan fingerprint density at radius 1 is 1.53 bits per heavy atom. The molecule has 0 atom stereocenters. The molecule has 19 heavy (non-hydrogen) atoms. The largest absolute Gasteiger partial charge is 0.335 e. The molecule has 3 N–H and O–H groups in total. The molecule has 1 amide bonds. The van der Waals surface area contributed by atoms with Gasteiger partial charge < -0.3 is 15.6 Å². The van der Waals surface area contributed by atoms with Crippen molar-refractivity contribution in [3.63, 3.8) is 0 Å². The number of hydrogen-bond donors (Lipinski definition) is 2. The van der Waals surface area contributed by atoms with E-state index < -0.39 is 11.7 Å². The molecule has 0 unspecified atom stereocenters. The van der Waals surface area contributed by atoms with Gasteiger partial charge >= 0.3 is 0 Å². The highest BCUT2D eigenvalue weighted by molar-refractivity contribution is 6.33. The van der Waals surface area contributed by atoms with E-state index in [0.29, 0.717) is 18.8 Å². The van der Waals surface area contributed by atoms with Crippen molar-refractivity contribution >= 4 is 23.2 Å². The van der Waals surface area contributed by atoms with Gasteiger partial charge in [-0.1, -0.05) is 11.6 Å². The van der Waals surface area contributed by atoms with E-state index in [9.17, 15) is 9.18 Å². The minimum absolute atomic E-state index is 0.134. The molecule has 0 saturated carbocycles. The predicted molar refractivity (Wildman–Crippen MR) is 70.6 cm³/mol. The Morgan fingerprint density at radius 3 is 3.00 bits per heavy atom. The quantitative estimate of drug-likeness (QED) is 0.899. The van der Waals surface area contributed by atoms with E-state index in [1.807, 2.05) is 0 Å². The summed E-state index contributed by atoms with van der Waals surface area (Å²) in [5.74, 6) is -0.875. The van der Waals surface area contributed by atoms with Crippen molar-refractivity contribution in [2.45, 2.75) is 6.54 Å². The van der Waals surface area contributed by atoms with Crippen molar-refractivity contribution in [2.24, 2.45) is 5.73 Å². The summed E-state index contributed by atoms with van der Waals surface area (Å²) in [5.41, 5.74) is 5.98. The molecule has 0 aliphatic carbocycles. The van der Waals surface area contributed by atoms with Crippen molar-refractivity contribution in [1.82, 2.24) is 9.55 Å². The van der Waals surface area contributed by atoms with Crippen LogP contribution in [0.3, 0.4) is 0 Å². The van der Waals surface area contributed by atoms with E-state index in [0.717, 1.165) is 6.07 Å². The Morgan fingerprint density at radius 2 is 2.32 bits per heavy atom. The molecule has 0 aliphatic heterocycles. The van der Waals surface area contributed by atoms with E-state index in [-0.39, 0.29) is 10.7 Å². The maximum atomic E-state index is 12.9. The third-order valence-corrected chi connectivity index (χ3v) is 2.75. The van der Waals surface area contributed by atoms with Crippen LogP contribution in [-0.2, 0) is 6.54 Å². The second-order valence-electron chi connectivity index (χ2n) is 3.86. The second kappa shape index (κ2) is 5.81. The smallest absolute Gasteiger partial charge is 0.275 e. The number of benzene rings is 1. The standard InChI is InChI=1S/C12H12ClFN4O/c13-9-5-8(14)1-2-10(9)17-12(19)11-6-18(4-3-15)7-16-11/h1-2,5-7H,3-4,15H2,(H,17,19). The van der Waals surface area contributed by atoms with E-state index in [1.54, 1.807) is 10.8 Å². The fraction of sp³-hybridized carbons (Fsp3) is 0.167. The Hall–Kier alpha value is -1.92. The fourth-order valence-electron chi connectivity index (χ4n) is 1.53. The Balaban J connectivity index is 2.11. The Bertz CT molecular complexity index is 599. The van der Waals surface area contributed by atoms with Crippen LogP contribution in [0, 0.1) is 5.82 Å². The summed E-state index contributed by atoms with van der Waals surface area (Å²) in [7, 11) is 0.